The van der Waals surface area contributed by atoms with Crippen molar-refractivity contribution in [3.05, 3.63) is 48.5 Å². The molecule has 0 radical (unpaired) electrons. The molecule has 116 valence electrons. The molecule has 3 rings (SSSR count). The number of fused-ring (bicyclic) bond motifs is 1. The minimum atomic E-state index is 0.579. The molecule has 1 heterocycles. The van der Waals surface area contributed by atoms with E-state index in [2.05, 4.69) is 16.7 Å². The van der Waals surface area contributed by atoms with E-state index in [1.54, 1.807) is 18.9 Å². The first kappa shape index (κ1) is 15.4. The van der Waals surface area contributed by atoms with Gasteiger partial charge in [-0.15, -0.1) is 0 Å². The van der Waals surface area contributed by atoms with Crippen LogP contribution in [0, 0.1) is 11.3 Å². The van der Waals surface area contributed by atoms with Crippen LogP contribution in [0.5, 0.6) is 5.75 Å². The second kappa shape index (κ2) is 7.21. The van der Waals surface area contributed by atoms with Gasteiger partial charge in [0.25, 0.3) is 0 Å². The van der Waals surface area contributed by atoms with Gasteiger partial charge < -0.3 is 4.74 Å². The van der Waals surface area contributed by atoms with Gasteiger partial charge in [-0.05, 0) is 42.8 Å². The van der Waals surface area contributed by atoms with Crippen molar-refractivity contribution in [2.45, 2.75) is 18.0 Å². The number of nitriles is 1. The zero-order valence-electron chi connectivity index (χ0n) is 12.9. The molecule has 0 bridgehead atoms. The van der Waals surface area contributed by atoms with E-state index in [-0.39, 0.29) is 0 Å². The van der Waals surface area contributed by atoms with Crippen LogP contribution in [0.2, 0.25) is 0 Å². The third kappa shape index (κ3) is 3.33. The number of hydrogen-bond acceptors (Lipinski definition) is 4. The quantitative estimate of drug-likeness (QED) is 0.497. The SMILES string of the molecule is COc1ccc(-n2c(SCCCC#N)nc3ccccc32)cc1. The number of unbranched alkanes of at least 4 members (excludes halogenated alkanes) is 1. The second-order valence-corrected chi connectivity index (χ2v) is 6.09. The van der Waals surface area contributed by atoms with E-state index in [1.807, 2.05) is 42.5 Å². The van der Waals surface area contributed by atoms with Gasteiger partial charge in [-0.3, -0.25) is 4.57 Å². The summed E-state index contributed by atoms with van der Waals surface area (Å²) in [5, 5.41) is 9.62. The number of methoxy groups -OCH3 is 1. The molecule has 0 fully saturated rings. The highest BCUT2D eigenvalue weighted by atomic mass is 32.2. The summed E-state index contributed by atoms with van der Waals surface area (Å²) in [5.74, 6) is 1.72. The lowest BCUT2D eigenvalue weighted by Gasteiger charge is -2.09. The van der Waals surface area contributed by atoms with E-state index < -0.39 is 0 Å². The Bertz CT molecular complexity index is 834. The van der Waals surface area contributed by atoms with Gasteiger partial charge in [0.05, 0.1) is 24.2 Å². The number of benzene rings is 2. The number of para-hydroxylation sites is 2. The normalized spacial score (nSPS) is 10.6. The van der Waals surface area contributed by atoms with Gasteiger partial charge in [0.15, 0.2) is 5.16 Å². The lowest BCUT2D eigenvalue weighted by molar-refractivity contribution is 0.414. The molecule has 3 aromatic rings. The predicted molar refractivity (Wildman–Crippen MR) is 93.2 cm³/mol. The van der Waals surface area contributed by atoms with Crippen LogP contribution in [0.15, 0.2) is 53.7 Å². The van der Waals surface area contributed by atoms with Crippen LogP contribution in [-0.2, 0) is 0 Å². The van der Waals surface area contributed by atoms with Gasteiger partial charge in [-0.1, -0.05) is 23.9 Å². The van der Waals surface area contributed by atoms with Crippen LogP contribution in [0.4, 0.5) is 0 Å². The van der Waals surface area contributed by atoms with Crippen molar-refractivity contribution in [1.29, 1.82) is 5.26 Å². The van der Waals surface area contributed by atoms with Gasteiger partial charge in [0, 0.05) is 17.9 Å². The van der Waals surface area contributed by atoms with Gasteiger partial charge in [-0.25, -0.2) is 4.98 Å². The first-order valence-corrected chi connectivity index (χ1v) is 8.43. The zero-order valence-corrected chi connectivity index (χ0v) is 13.7. The van der Waals surface area contributed by atoms with Gasteiger partial charge in [0.2, 0.25) is 0 Å². The largest absolute Gasteiger partial charge is 0.497 e. The highest BCUT2D eigenvalue weighted by Gasteiger charge is 2.12. The number of nitrogens with zero attached hydrogens (tertiary/aromatic N) is 3. The van der Waals surface area contributed by atoms with E-state index in [4.69, 9.17) is 15.0 Å². The van der Waals surface area contributed by atoms with Crippen LogP contribution in [0.25, 0.3) is 16.7 Å². The Morgan fingerprint density at radius 1 is 1.17 bits per heavy atom. The lowest BCUT2D eigenvalue weighted by atomic mass is 10.2. The molecule has 4 nitrogen and oxygen atoms in total. The van der Waals surface area contributed by atoms with Gasteiger partial charge in [0.1, 0.15) is 5.75 Å². The molecule has 2 aromatic carbocycles. The zero-order chi connectivity index (χ0) is 16.1. The summed E-state index contributed by atoms with van der Waals surface area (Å²) < 4.78 is 7.39. The summed E-state index contributed by atoms with van der Waals surface area (Å²) in [4.78, 5) is 4.74. The topological polar surface area (TPSA) is 50.8 Å². The van der Waals surface area contributed by atoms with E-state index in [9.17, 15) is 0 Å². The Labute approximate surface area is 139 Å². The van der Waals surface area contributed by atoms with Crippen molar-refractivity contribution in [1.82, 2.24) is 9.55 Å². The number of hydrogen-bond donors (Lipinski definition) is 0. The van der Waals surface area contributed by atoms with Crippen molar-refractivity contribution in [3.63, 3.8) is 0 Å². The fraction of sp³-hybridized carbons (Fsp3) is 0.222. The maximum atomic E-state index is 8.67. The molecule has 0 aliphatic carbocycles. The summed E-state index contributed by atoms with van der Waals surface area (Å²) in [6.07, 6.45) is 1.45. The molecule has 0 aliphatic heterocycles. The molecule has 0 saturated carbocycles. The molecule has 0 unspecified atom stereocenters. The summed E-state index contributed by atoms with van der Waals surface area (Å²) in [6, 6.07) is 18.3. The number of rotatable bonds is 6. The number of thioether (sulfide) groups is 1. The maximum Gasteiger partial charge on any atom is 0.173 e. The lowest BCUT2D eigenvalue weighted by Crippen LogP contribution is -1.97. The molecule has 0 N–H and O–H groups in total. The van der Waals surface area contributed by atoms with Crippen molar-refractivity contribution in [2.24, 2.45) is 0 Å². The Balaban J connectivity index is 1.99. The molecule has 1 aromatic heterocycles. The molecule has 0 atom stereocenters. The average molecular weight is 323 g/mol. The Hall–Kier alpha value is -2.45. The first-order valence-electron chi connectivity index (χ1n) is 7.45. The van der Waals surface area contributed by atoms with E-state index >= 15 is 0 Å². The minimum absolute atomic E-state index is 0.579. The highest BCUT2D eigenvalue weighted by molar-refractivity contribution is 7.99. The van der Waals surface area contributed by atoms with E-state index in [1.165, 1.54) is 0 Å². The summed E-state index contributed by atoms with van der Waals surface area (Å²) >= 11 is 1.69. The number of imidazole rings is 1. The van der Waals surface area contributed by atoms with Crippen molar-refractivity contribution < 1.29 is 4.74 Å². The van der Waals surface area contributed by atoms with Crippen LogP contribution in [-0.4, -0.2) is 22.4 Å². The van der Waals surface area contributed by atoms with Gasteiger partial charge >= 0.3 is 0 Å². The Kier molecular flexibility index (Phi) is 4.84. The third-order valence-electron chi connectivity index (χ3n) is 3.52. The summed E-state index contributed by atoms with van der Waals surface area (Å²) in [5.41, 5.74) is 3.12. The van der Waals surface area contributed by atoms with Crippen LogP contribution in [0.1, 0.15) is 12.8 Å². The van der Waals surface area contributed by atoms with Crippen molar-refractivity contribution in [3.8, 4) is 17.5 Å². The fourth-order valence-electron chi connectivity index (χ4n) is 2.40. The first-order chi connectivity index (χ1) is 11.3. The maximum absolute atomic E-state index is 8.67. The average Bonchev–Trinajstić information content (AvgIpc) is 2.97. The van der Waals surface area contributed by atoms with Crippen molar-refractivity contribution in [2.75, 3.05) is 12.9 Å². The molecular formula is C18H17N3OS. The summed E-state index contributed by atoms with van der Waals surface area (Å²) in [7, 11) is 1.66. The number of aromatic nitrogens is 2. The molecule has 0 saturated heterocycles. The molecule has 0 spiro atoms. The van der Waals surface area contributed by atoms with Crippen molar-refractivity contribution >= 4 is 22.8 Å². The van der Waals surface area contributed by atoms with Crippen LogP contribution < -0.4 is 4.74 Å². The van der Waals surface area contributed by atoms with E-state index in [0.717, 1.165) is 39.8 Å². The Morgan fingerprint density at radius 2 is 1.96 bits per heavy atom. The Morgan fingerprint density at radius 3 is 2.70 bits per heavy atom. The fourth-order valence-corrected chi connectivity index (χ4v) is 3.36. The standard InChI is InChI=1S/C18H17N3OS/c1-22-15-10-8-14(9-11-15)21-17-7-3-2-6-16(17)20-18(21)23-13-5-4-12-19/h2-3,6-11H,4-5,13H2,1H3. The second-order valence-electron chi connectivity index (χ2n) is 5.03. The smallest absolute Gasteiger partial charge is 0.173 e. The van der Waals surface area contributed by atoms with Gasteiger partial charge in [-0.2, -0.15) is 5.26 Å². The highest BCUT2D eigenvalue weighted by Crippen LogP contribution is 2.29. The summed E-state index contributed by atoms with van der Waals surface area (Å²) in [6.45, 7) is 0. The third-order valence-corrected chi connectivity index (χ3v) is 4.55. The molecular weight excluding hydrogens is 306 g/mol. The van der Waals surface area contributed by atoms with Crippen LogP contribution in [0.3, 0.4) is 0 Å². The van der Waals surface area contributed by atoms with Crippen LogP contribution >= 0.6 is 11.8 Å². The number of ether oxygens (including phenoxy) is 1. The molecule has 5 heteroatoms. The molecule has 23 heavy (non-hydrogen) atoms. The monoisotopic (exact) mass is 323 g/mol. The predicted octanol–water partition coefficient (Wildman–Crippen LogP) is 4.43. The molecule has 0 amide bonds. The molecule has 0 aliphatic rings. The minimum Gasteiger partial charge on any atom is -0.497 e. The van der Waals surface area contributed by atoms with E-state index in [0.29, 0.717) is 6.42 Å².